The van der Waals surface area contributed by atoms with Gasteiger partial charge in [-0.1, -0.05) is 20.8 Å². The Labute approximate surface area is 144 Å². The Morgan fingerprint density at radius 3 is 2.29 bits per heavy atom. The molecule has 1 heterocycles. The smallest absolute Gasteiger partial charge is 0.253 e. The molecule has 1 saturated heterocycles. The molecule has 6 nitrogen and oxygen atoms in total. The van der Waals surface area contributed by atoms with E-state index in [1.807, 2.05) is 0 Å². The fourth-order valence-electron chi connectivity index (χ4n) is 3.03. The van der Waals surface area contributed by atoms with E-state index in [0.717, 1.165) is 6.42 Å². The normalized spacial score (nSPS) is 21.5. The first-order valence-electron chi connectivity index (χ1n) is 8.37. The number of nitrogens with two attached hydrogens (primary N) is 1. The molecule has 0 aromatic heterocycles. The van der Waals surface area contributed by atoms with E-state index in [1.165, 1.54) is 16.4 Å². The van der Waals surface area contributed by atoms with Crippen molar-refractivity contribution in [2.75, 3.05) is 32.7 Å². The number of carbonyl (C=O) groups is 1. The van der Waals surface area contributed by atoms with Crippen LogP contribution in [0.1, 0.15) is 37.6 Å². The van der Waals surface area contributed by atoms with E-state index < -0.39 is 10.0 Å². The molecule has 134 valence electrons. The summed E-state index contributed by atoms with van der Waals surface area (Å²) in [6.07, 6.45) is 0.893. The number of nitrogens with zero attached hydrogens (tertiary/aromatic N) is 2. The van der Waals surface area contributed by atoms with Crippen molar-refractivity contribution in [3.63, 3.8) is 0 Å². The first-order chi connectivity index (χ1) is 11.3. The summed E-state index contributed by atoms with van der Waals surface area (Å²) in [5, 5.41) is 0. The summed E-state index contributed by atoms with van der Waals surface area (Å²) < 4.78 is 26.3. The van der Waals surface area contributed by atoms with E-state index in [0.29, 0.717) is 38.3 Å². The van der Waals surface area contributed by atoms with Gasteiger partial charge in [-0.3, -0.25) is 4.79 Å². The van der Waals surface area contributed by atoms with Crippen LogP contribution in [0.4, 0.5) is 0 Å². The molecule has 0 spiro atoms. The lowest BCUT2D eigenvalue weighted by Gasteiger charge is -2.22. The number of hydrogen-bond donors (Lipinski definition) is 1. The van der Waals surface area contributed by atoms with Crippen molar-refractivity contribution in [1.82, 2.24) is 9.21 Å². The van der Waals surface area contributed by atoms with Gasteiger partial charge in [-0.05, 0) is 42.6 Å². The Balaban J connectivity index is 2.17. The molecule has 0 radical (unpaired) electrons. The van der Waals surface area contributed by atoms with Gasteiger partial charge in [-0.2, -0.15) is 4.31 Å². The van der Waals surface area contributed by atoms with E-state index in [4.69, 9.17) is 5.73 Å². The Morgan fingerprint density at radius 1 is 1.25 bits per heavy atom. The van der Waals surface area contributed by atoms with Crippen LogP contribution in [0.5, 0.6) is 0 Å². The number of rotatable bonds is 6. The Morgan fingerprint density at radius 2 is 1.83 bits per heavy atom. The van der Waals surface area contributed by atoms with Crippen LogP contribution in [0.15, 0.2) is 29.2 Å². The Bertz CT molecular complexity index is 684. The molecule has 0 bridgehead atoms. The van der Waals surface area contributed by atoms with Crippen LogP contribution >= 0.6 is 0 Å². The Kier molecular flexibility index (Phi) is 5.67. The molecule has 1 unspecified atom stereocenters. The van der Waals surface area contributed by atoms with Crippen LogP contribution in [0, 0.1) is 5.41 Å². The topological polar surface area (TPSA) is 83.7 Å². The summed E-state index contributed by atoms with van der Waals surface area (Å²) in [6, 6.07) is 6.21. The van der Waals surface area contributed by atoms with Crippen molar-refractivity contribution in [2.24, 2.45) is 11.1 Å². The standard InChI is InChI=1S/C17H27N3O3S/c1-4-20(5-2)24(22,23)15-8-6-14(7-9-15)16(21)19-11-10-17(3,12-18)13-19/h6-9H,4-5,10-13,18H2,1-3H3. The van der Waals surface area contributed by atoms with Gasteiger partial charge in [0.05, 0.1) is 4.90 Å². The minimum atomic E-state index is -3.49. The molecule has 1 atom stereocenters. The zero-order valence-corrected chi connectivity index (χ0v) is 15.5. The van der Waals surface area contributed by atoms with Crippen LogP contribution in [0.25, 0.3) is 0 Å². The second-order valence-electron chi connectivity index (χ2n) is 6.61. The summed E-state index contributed by atoms with van der Waals surface area (Å²) >= 11 is 0. The van der Waals surface area contributed by atoms with E-state index in [1.54, 1.807) is 30.9 Å². The molecule has 1 aliphatic rings. The van der Waals surface area contributed by atoms with Crippen molar-refractivity contribution in [1.29, 1.82) is 0 Å². The number of likely N-dealkylation sites (tertiary alicyclic amines) is 1. The van der Waals surface area contributed by atoms with Gasteiger partial charge in [0.25, 0.3) is 5.91 Å². The quantitative estimate of drug-likeness (QED) is 0.840. The van der Waals surface area contributed by atoms with Crippen molar-refractivity contribution in [3.05, 3.63) is 29.8 Å². The highest BCUT2D eigenvalue weighted by molar-refractivity contribution is 7.89. The fourth-order valence-corrected chi connectivity index (χ4v) is 4.49. The molecule has 1 aromatic carbocycles. The van der Waals surface area contributed by atoms with Gasteiger partial charge in [0, 0.05) is 31.7 Å². The van der Waals surface area contributed by atoms with Crippen LogP contribution < -0.4 is 5.73 Å². The van der Waals surface area contributed by atoms with E-state index in [-0.39, 0.29) is 16.2 Å². The van der Waals surface area contributed by atoms with Gasteiger partial charge in [-0.15, -0.1) is 0 Å². The molecule has 1 fully saturated rings. The van der Waals surface area contributed by atoms with E-state index >= 15 is 0 Å². The van der Waals surface area contributed by atoms with Crippen molar-refractivity contribution >= 4 is 15.9 Å². The minimum absolute atomic E-state index is 0.0261. The average Bonchev–Trinajstić information content (AvgIpc) is 2.98. The van der Waals surface area contributed by atoms with Crippen LogP contribution in [0.3, 0.4) is 0 Å². The predicted molar refractivity (Wildman–Crippen MR) is 94.2 cm³/mol. The first kappa shape index (κ1) is 18.9. The van der Waals surface area contributed by atoms with Gasteiger partial charge >= 0.3 is 0 Å². The maximum Gasteiger partial charge on any atom is 0.253 e. The van der Waals surface area contributed by atoms with Crippen molar-refractivity contribution < 1.29 is 13.2 Å². The van der Waals surface area contributed by atoms with Crippen LogP contribution in [0.2, 0.25) is 0 Å². The molecule has 0 aliphatic carbocycles. The van der Waals surface area contributed by atoms with Crippen molar-refractivity contribution in [2.45, 2.75) is 32.1 Å². The molecular weight excluding hydrogens is 326 g/mol. The highest BCUT2D eigenvalue weighted by Gasteiger charge is 2.35. The fraction of sp³-hybridized carbons (Fsp3) is 0.588. The number of hydrogen-bond acceptors (Lipinski definition) is 4. The molecule has 7 heteroatoms. The van der Waals surface area contributed by atoms with Gasteiger partial charge in [-0.25, -0.2) is 8.42 Å². The molecule has 0 saturated carbocycles. The summed E-state index contributed by atoms with van der Waals surface area (Å²) in [7, 11) is -3.49. The van der Waals surface area contributed by atoms with Crippen molar-refractivity contribution in [3.8, 4) is 0 Å². The molecule has 1 amide bonds. The number of carbonyl (C=O) groups excluding carboxylic acids is 1. The molecule has 24 heavy (non-hydrogen) atoms. The third-order valence-electron chi connectivity index (χ3n) is 4.78. The Hall–Kier alpha value is -1.44. The third-order valence-corrected chi connectivity index (χ3v) is 6.85. The lowest BCUT2D eigenvalue weighted by Crippen LogP contribution is -2.34. The van der Waals surface area contributed by atoms with Gasteiger partial charge < -0.3 is 10.6 Å². The zero-order valence-electron chi connectivity index (χ0n) is 14.7. The maximum atomic E-state index is 12.6. The molecule has 2 N–H and O–H groups in total. The average molecular weight is 353 g/mol. The lowest BCUT2D eigenvalue weighted by molar-refractivity contribution is 0.0777. The highest BCUT2D eigenvalue weighted by atomic mass is 32.2. The second kappa shape index (κ2) is 7.21. The van der Waals surface area contributed by atoms with Crippen LogP contribution in [-0.2, 0) is 10.0 Å². The third kappa shape index (κ3) is 3.63. The molecule has 1 aliphatic heterocycles. The summed E-state index contributed by atoms with van der Waals surface area (Å²) in [4.78, 5) is 14.6. The number of benzene rings is 1. The second-order valence-corrected chi connectivity index (χ2v) is 8.54. The minimum Gasteiger partial charge on any atom is -0.338 e. The predicted octanol–water partition coefficient (Wildman–Crippen LogP) is 1.53. The van der Waals surface area contributed by atoms with E-state index in [9.17, 15) is 13.2 Å². The van der Waals surface area contributed by atoms with Gasteiger partial charge in [0.1, 0.15) is 0 Å². The first-order valence-corrected chi connectivity index (χ1v) is 9.81. The number of amides is 1. The largest absolute Gasteiger partial charge is 0.338 e. The zero-order chi connectivity index (χ0) is 18.0. The molecule has 1 aromatic rings. The summed E-state index contributed by atoms with van der Waals surface area (Å²) in [5.74, 6) is -0.0704. The SMILES string of the molecule is CCN(CC)S(=O)(=O)c1ccc(C(=O)N2CCC(C)(CN)C2)cc1. The monoisotopic (exact) mass is 353 g/mol. The molecule has 2 rings (SSSR count). The summed E-state index contributed by atoms with van der Waals surface area (Å²) in [5.41, 5.74) is 6.27. The lowest BCUT2D eigenvalue weighted by atomic mass is 9.90. The van der Waals surface area contributed by atoms with Gasteiger partial charge in [0.15, 0.2) is 0 Å². The molecular formula is C17H27N3O3S. The van der Waals surface area contributed by atoms with Crippen LogP contribution in [-0.4, -0.2) is 56.3 Å². The highest BCUT2D eigenvalue weighted by Crippen LogP contribution is 2.29. The maximum absolute atomic E-state index is 12.6. The number of sulfonamides is 1. The van der Waals surface area contributed by atoms with E-state index in [2.05, 4.69) is 6.92 Å². The van der Waals surface area contributed by atoms with Gasteiger partial charge in [0.2, 0.25) is 10.0 Å². The summed E-state index contributed by atoms with van der Waals surface area (Å²) in [6.45, 7) is 8.42.